The Labute approximate surface area is 341 Å². The van der Waals surface area contributed by atoms with Crippen molar-refractivity contribution >= 4 is 11.9 Å². The first-order valence-electron chi connectivity index (χ1n) is 19.2. The van der Waals surface area contributed by atoms with Crippen molar-refractivity contribution in [3.05, 3.63) is 0 Å². The van der Waals surface area contributed by atoms with Gasteiger partial charge in [0.1, 0.15) is 104 Å². The molecule has 0 aromatic heterocycles. The summed E-state index contributed by atoms with van der Waals surface area (Å²) in [5, 5.41) is 140. The van der Waals surface area contributed by atoms with Crippen LogP contribution in [0.3, 0.4) is 0 Å². The maximum absolute atomic E-state index is 12.3. The summed E-state index contributed by atoms with van der Waals surface area (Å²) in [6, 6.07) is -1.48. The highest BCUT2D eigenvalue weighted by Gasteiger charge is 2.57. The molecule has 0 radical (unpaired) electrons. The molecule has 5 saturated heterocycles. The summed E-state index contributed by atoms with van der Waals surface area (Å²) >= 11 is 0. The first kappa shape index (κ1) is 49.1. The second-order valence-corrected chi connectivity index (χ2v) is 15.2. The molecule has 0 aromatic carbocycles. The van der Waals surface area contributed by atoms with E-state index in [0.29, 0.717) is 0 Å². The van der Waals surface area contributed by atoms with E-state index in [0.717, 1.165) is 13.8 Å². The summed E-state index contributed by atoms with van der Waals surface area (Å²) in [4.78, 5) is 24.3. The molecule has 5 fully saturated rings. The number of carbonyl (C=O) groups excluding carboxylic acids is 2. The van der Waals surface area contributed by atoms with Crippen molar-refractivity contribution in [3.63, 3.8) is 0 Å². The lowest BCUT2D eigenvalue weighted by atomic mass is 9.95. The van der Waals surface area contributed by atoms with E-state index in [1.165, 1.54) is 13.8 Å². The van der Waals surface area contributed by atoms with Gasteiger partial charge in [0.2, 0.25) is 5.91 Å². The number of nitrogens with one attached hydrogen (secondary N) is 1. The molecule has 26 heteroatoms. The molecule has 0 bridgehead atoms. The molecule has 26 nitrogen and oxygen atoms in total. The number of amides is 1. The van der Waals surface area contributed by atoms with Crippen molar-refractivity contribution in [2.45, 2.75) is 181 Å². The predicted octanol–water partition coefficient (Wildman–Crippen LogP) is -9.15. The van der Waals surface area contributed by atoms with Crippen LogP contribution in [0.4, 0.5) is 0 Å². The molecule has 0 aliphatic carbocycles. The molecule has 0 saturated carbocycles. The highest BCUT2D eigenvalue weighted by atomic mass is 16.8. The minimum Gasteiger partial charge on any atom is -0.454 e. The average Bonchev–Trinajstić information content (AvgIpc) is 3.48. The van der Waals surface area contributed by atoms with Gasteiger partial charge in [-0.25, -0.2) is 0 Å². The minimum atomic E-state index is -2.13. The van der Waals surface area contributed by atoms with E-state index < -0.39 is 185 Å². The van der Waals surface area contributed by atoms with E-state index in [4.69, 9.17) is 47.4 Å². The molecule has 5 rings (SSSR count). The molecule has 5 heterocycles. The van der Waals surface area contributed by atoms with Crippen LogP contribution in [-0.2, 0) is 57.0 Å². The Balaban J connectivity index is 1.35. The lowest BCUT2D eigenvalue weighted by Gasteiger charge is -2.49. The van der Waals surface area contributed by atoms with E-state index in [9.17, 15) is 76.0 Å². The van der Waals surface area contributed by atoms with Crippen LogP contribution in [-0.4, -0.2) is 252 Å². The van der Waals surface area contributed by atoms with Crippen LogP contribution in [0.25, 0.3) is 0 Å². The minimum absolute atomic E-state index is 0.687. The molecule has 1 amide bonds. The highest BCUT2D eigenvalue weighted by Crippen LogP contribution is 2.37. The highest BCUT2D eigenvalue weighted by molar-refractivity contribution is 5.73. The zero-order valence-corrected chi connectivity index (χ0v) is 32.8. The fraction of sp³-hybridized carbons (Fsp3) is 0.941. The Morgan fingerprint density at radius 1 is 0.550 bits per heavy atom. The Bertz CT molecular complexity index is 1400. The zero-order valence-electron chi connectivity index (χ0n) is 32.8. The van der Waals surface area contributed by atoms with Crippen molar-refractivity contribution in [3.8, 4) is 0 Å². The first-order valence-corrected chi connectivity index (χ1v) is 19.2. The lowest BCUT2D eigenvalue weighted by molar-refractivity contribution is -0.392. The maximum atomic E-state index is 12.3. The summed E-state index contributed by atoms with van der Waals surface area (Å²) in [5.74, 6) is -1.66. The van der Waals surface area contributed by atoms with E-state index in [1.54, 1.807) is 0 Å². The third-order valence-electron chi connectivity index (χ3n) is 10.9. The van der Waals surface area contributed by atoms with Crippen molar-refractivity contribution in [2.24, 2.45) is 0 Å². The molecule has 5 aliphatic rings. The third-order valence-corrected chi connectivity index (χ3v) is 10.9. The molecular formula is C34H57NO25. The number of hydrogen-bond acceptors (Lipinski definition) is 25. The van der Waals surface area contributed by atoms with Gasteiger partial charge in [0.25, 0.3) is 0 Å². The van der Waals surface area contributed by atoms with Gasteiger partial charge in [-0.2, -0.15) is 0 Å². The van der Waals surface area contributed by atoms with Crippen LogP contribution >= 0.6 is 0 Å². The fourth-order valence-corrected chi connectivity index (χ4v) is 7.62. The van der Waals surface area contributed by atoms with Crippen LogP contribution in [0.1, 0.15) is 27.7 Å². The van der Waals surface area contributed by atoms with Gasteiger partial charge in [0.15, 0.2) is 37.6 Å². The van der Waals surface area contributed by atoms with Gasteiger partial charge in [-0.3, -0.25) is 9.59 Å². The molecule has 0 unspecified atom stereocenters. The monoisotopic (exact) mass is 879 g/mol. The normalized spacial score (nSPS) is 49.3. The largest absolute Gasteiger partial charge is 0.454 e. The molecule has 0 spiro atoms. The number of hydrogen-bond donors (Lipinski definition) is 14. The summed E-state index contributed by atoms with van der Waals surface area (Å²) in [6.07, 6.45) is -41.3. The quantitative estimate of drug-likeness (QED) is 0.0720. The van der Waals surface area contributed by atoms with Gasteiger partial charge in [0, 0.05) is 13.8 Å². The Morgan fingerprint density at radius 3 is 1.65 bits per heavy atom. The number of aliphatic hydroxyl groups is 13. The summed E-state index contributed by atoms with van der Waals surface area (Å²) in [7, 11) is 0. The van der Waals surface area contributed by atoms with Gasteiger partial charge in [-0.05, 0) is 13.8 Å². The van der Waals surface area contributed by atoms with Gasteiger partial charge in [0.05, 0.1) is 32.0 Å². The fourth-order valence-electron chi connectivity index (χ4n) is 7.62. The van der Waals surface area contributed by atoms with Crippen LogP contribution in [0.15, 0.2) is 0 Å². The number of ether oxygens (including phenoxy) is 10. The number of esters is 1. The summed E-state index contributed by atoms with van der Waals surface area (Å²) < 4.78 is 56.7. The number of rotatable bonds is 14. The number of aliphatic hydroxyl groups excluding tert-OH is 13. The van der Waals surface area contributed by atoms with E-state index in [2.05, 4.69) is 5.32 Å². The Morgan fingerprint density at radius 2 is 1.07 bits per heavy atom. The van der Waals surface area contributed by atoms with Gasteiger partial charge < -0.3 is 119 Å². The van der Waals surface area contributed by atoms with Crippen LogP contribution in [0, 0.1) is 0 Å². The topological polar surface area (TPSA) is 401 Å². The zero-order chi connectivity index (χ0) is 44.5. The standard InChI is InChI=1S/C34H57NO25/c1-8-16(42)19(45)28(33(51-8)58-26-15(35-10(3)39)30(50)54-13(6-37)18(26)44)60-31-23(49)21(47)25(14(7-38)55-31)57-34-29(53-11(4)40)27(17(43)9(2)52-34)59-32-22(48)20(46)24(56-32)12(41)5-36/h8-9,12-34,36-38,41-50H,5-7H2,1-4H3,(H,35,39)/t8-,9-,12+,13+,14+,15+,16-,17-,18+,19+,20+,21+,22+,23+,24-,25+,26+,27+,28+,29+,30+,31+,32+,33-,34-/m0/s1. The van der Waals surface area contributed by atoms with E-state index in [-0.39, 0.29) is 0 Å². The smallest absolute Gasteiger partial charge is 0.303 e. The SMILES string of the molecule is CC(=O)N[C@@H]1[C@@H](O[C@@H]2O[C@@H](C)[C@H](O)[C@@H](O)[C@H]2O[C@H]2O[C@H](CO)[C@@H](O[C@@H]3O[C@@H](C)[C@H](O)[C@@H](O[C@H]4O[C@@H]([C@H](O)CO)[C@H](O)[C@H]4O)[C@H]3OC(C)=O)[C@H](O)[C@H]2O)[C@H](O)[C@@H](CO)O[C@H]1O. The van der Waals surface area contributed by atoms with Crippen molar-refractivity contribution in [1.82, 2.24) is 5.32 Å². The molecule has 14 N–H and O–H groups in total. The first-order chi connectivity index (χ1) is 28.2. The molecule has 5 aliphatic heterocycles. The molecule has 0 aromatic rings. The van der Waals surface area contributed by atoms with E-state index >= 15 is 0 Å². The van der Waals surface area contributed by atoms with Crippen LogP contribution in [0.2, 0.25) is 0 Å². The lowest BCUT2D eigenvalue weighted by Crippen LogP contribution is -2.68. The number of carbonyl (C=O) groups is 2. The molecular weight excluding hydrogens is 822 g/mol. The van der Waals surface area contributed by atoms with Crippen LogP contribution in [0.5, 0.6) is 0 Å². The average molecular weight is 880 g/mol. The Hall–Kier alpha value is -1.94. The summed E-state index contributed by atoms with van der Waals surface area (Å²) in [6.45, 7) is 2.12. The predicted molar refractivity (Wildman–Crippen MR) is 185 cm³/mol. The second-order valence-electron chi connectivity index (χ2n) is 15.2. The van der Waals surface area contributed by atoms with E-state index in [1.807, 2.05) is 0 Å². The molecule has 60 heavy (non-hydrogen) atoms. The maximum Gasteiger partial charge on any atom is 0.303 e. The molecule has 25 atom stereocenters. The van der Waals surface area contributed by atoms with Gasteiger partial charge in [-0.1, -0.05) is 0 Å². The van der Waals surface area contributed by atoms with Crippen LogP contribution < -0.4 is 5.32 Å². The van der Waals surface area contributed by atoms with Gasteiger partial charge in [-0.15, -0.1) is 0 Å². The van der Waals surface area contributed by atoms with Crippen molar-refractivity contribution in [2.75, 3.05) is 19.8 Å². The second kappa shape index (κ2) is 20.7. The molecule has 348 valence electrons. The van der Waals surface area contributed by atoms with Crippen molar-refractivity contribution in [1.29, 1.82) is 0 Å². The van der Waals surface area contributed by atoms with Gasteiger partial charge >= 0.3 is 5.97 Å². The summed E-state index contributed by atoms with van der Waals surface area (Å²) in [5.41, 5.74) is 0. The third kappa shape index (κ3) is 10.4. The Kier molecular flexibility index (Phi) is 16.9. The van der Waals surface area contributed by atoms with Crippen molar-refractivity contribution < 1.29 is 123 Å².